The van der Waals surface area contributed by atoms with Crippen molar-refractivity contribution in [3.63, 3.8) is 0 Å². The fraction of sp³-hybridized carbons (Fsp3) is 0.160. The van der Waals surface area contributed by atoms with Gasteiger partial charge in [0, 0.05) is 23.1 Å². The van der Waals surface area contributed by atoms with E-state index in [4.69, 9.17) is 14.7 Å². The second kappa shape index (κ2) is 9.58. The molecule has 0 saturated heterocycles. The third-order valence-corrected chi connectivity index (χ3v) is 5.99. The van der Waals surface area contributed by atoms with Crippen LogP contribution in [0.15, 0.2) is 71.9 Å². The lowest BCUT2D eigenvalue weighted by Crippen LogP contribution is -2.00. The zero-order chi connectivity index (χ0) is 22.5. The first kappa shape index (κ1) is 21.5. The molecule has 1 aromatic heterocycles. The Kier molecular flexibility index (Phi) is 6.43. The second-order valence-corrected chi connectivity index (χ2v) is 8.12. The molecule has 0 unspecified atom stereocenters. The van der Waals surface area contributed by atoms with Crippen LogP contribution in [0.4, 0.5) is 0 Å². The SMILES string of the molecule is COc1cc(OC)cc(-c2nnc(SCc3ccc(C#N)cc3)n2-c2ccc(C)cc2)c1. The van der Waals surface area contributed by atoms with Gasteiger partial charge in [-0.1, -0.05) is 41.6 Å². The van der Waals surface area contributed by atoms with Crippen LogP contribution < -0.4 is 9.47 Å². The van der Waals surface area contributed by atoms with Crippen LogP contribution in [-0.2, 0) is 5.75 Å². The van der Waals surface area contributed by atoms with Gasteiger partial charge in [-0.15, -0.1) is 10.2 Å². The number of benzene rings is 3. The van der Waals surface area contributed by atoms with Gasteiger partial charge in [0.05, 0.1) is 25.9 Å². The summed E-state index contributed by atoms with van der Waals surface area (Å²) in [6.45, 7) is 2.06. The first-order chi connectivity index (χ1) is 15.6. The van der Waals surface area contributed by atoms with E-state index in [0.29, 0.717) is 28.6 Å². The number of hydrogen-bond acceptors (Lipinski definition) is 6. The molecule has 4 rings (SSSR count). The number of nitriles is 1. The smallest absolute Gasteiger partial charge is 0.196 e. The van der Waals surface area contributed by atoms with Gasteiger partial charge >= 0.3 is 0 Å². The van der Waals surface area contributed by atoms with Crippen LogP contribution in [0.25, 0.3) is 17.1 Å². The summed E-state index contributed by atoms with van der Waals surface area (Å²) in [4.78, 5) is 0. The predicted molar refractivity (Wildman–Crippen MR) is 125 cm³/mol. The molecule has 0 aliphatic rings. The molecule has 0 saturated carbocycles. The highest BCUT2D eigenvalue weighted by Crippen LogP contribution is 2.33. The van der Waals surface area contributed by atoms with Crippen molar-refractivity contribution in [2.75, 3.05) is 14.2 Å². The molecule has 0 atom stereocenters. The van der Waals surface area contributed by atoms with Crippen molar-refractivity contribution in [1.82, 2.24) is 14.8 Å². The van der Waals surface area contributed by atoms with E-state index in [-0.39, 0.29) is 0 Å². The minimum Gasteiger partial charge on any atom is -0.497 e. The van der Waals surface area contributed by atoms with Crippen molar-refractivity contribution < 1.29 is 9.47 Å². The molecule has 0 amide bonds. The van der Waals surface area contributed by atoms with Crippen LogP contribution >= 0.6 is 11.8 Å². The lowest BCUT2D eigenvalue weighted by atomic mass is 10.1. The number of rotatable bonds is 7. The first-order valence-corrected chi connectivity index (χ1v) is 11.0. The molecule has 0 spiro atoms. The maximum absolute atomic E-state index is 9.01. The highest BCUT2D eigenvalue weighted by molar-refractivity contribution is 7.98. The Hall–Kier alpha value is -3.76. The quantitative estimate of drug-likeness (QED) is 0.356. The molecular weight excluding hydrogens is 420 g/mol. The summed E-state index contributed by atoms with van der Waals surface area (Å²) in [7, 11) is 3.25. The minimum absolute atomic E-state index is 0.649. The maximum atomic E-state index is 9.01. The minimum atomic E-state index is 0.649. The number of nitrogens with zero attached hydrogens (tertiary/aromatic N) is 4. The van der Waals surface area contributed by atoms with E-state index in [0.717, 1.165) is 22.0 Å². The van der Waals surface area contributed by atoms with Gasteiger partial charge in [0.15, 0.2) is 11.0 Å². The Morgan fingerprint density at radius 1 is 0.906 bits per heavy atom. The summed E-state index contributed by atoms with van der Waals surface area (Å²) in [6, 6.07) is 23.7. The van der Waals surface area contributed by atoms with Gasteiger partial charge in [-0.05, 0) is 48.9 Å². The Balaban J connectivity index is 1.75. The summed E-state index contributed by atoms with van der Waals surface area (Å²) in [5, 5.41) is 18.8. The molecule has 7 heteroatoms. The summed E-state index contributed by atoms with van der Waals surface area (Å²) >= 11 is 1.59. The molecule has 1 heterocycles. The van der Waals surface area contributed by atoms with E-state index >= 15 is 0 Å². The van der Waals surface area contributed by atoms with Crippen molar-refractivity contribution in [1.29, 1.82) is 5.26 Å². The third kappa shape index (κ3) is 4.61. The summed E-state index contributed by atoms with van der Waals surface area (Å²) in [5.74, 6) is 2.78. The molecule has 32 heavy (non-hydrogen) atoms. The summed E-state index contributed by atoms with van der Waals surface area (Å²) in [5.41, 5.74) is 4.75. The molecule has 4 aromatic rings. The van der Waals surface area contributed by atoms with Crippen LogP contribution in [0.1, 0.15) is 16.7 Å². The molecule has 0 fully saturated rings. The Labute approximate surface area is 191 Å². The second-order valence-electron chi connectivity index (χ2n) is 7.18. The summed E-state index contributed by atoms with van der Waals surface area (Å²) < 4.78 is 12.9. The van der Waals surface area contributed by atoms with Crippen molar-refractivity contribution in [3.8, 4) is 34.6 Å². The standard InChI is InChI=1S/C25H22N4O2S/c1-17-4-10-21(11-5-17)29-24(20-12-22(30-2)14-23(13-20)31-3)27-28-25(29)32-16-19-8-6-18(15-26)7-9-19/h4-14H,16H2,1-3H3. The number of hydrogen-bond donors (Lipinski definition) is 0. The van der Waals surface area contributed by atoms with Crippen LogP contribution in [0.2, 0.25) is 0 Å². The summed E-state index contributed by atoms with van der Waals surface area (Å²) in [6.07, 6.45) is 0. The molecule has 0 N–H and O–H groups in total. The molecule has 0 aliphatic heterocycles. The average Bonchev–Trinajstić information content (AvgIpc) is 3.27. The van der Waals surface area contributed by atoms with Crippen molar-refractivity contribution >= 4 is 11.8 Å². The zero-order valence-corrected chi connectivity index (χ0v) is 18.9. The number of thioether (sulfide) groups is 1. The van der Waals surface area contributed by atoms with E-state index in [9.17, 15) is 0 Å². The molecule has 0 aliphatic carbocycles. The highest BCUT2D eigenvalue weighted by Gasteiger charge is 2.18. The number of methoxy groups -OCH3 is 2. The molecule has 3 aromatic carbocycles. The monoisotopic (exact) mass is 442 g/mol. The molecule has 6 nitrogen and oxygen atoms in total. The maximum Gasteiger partial charge on any atom is 0.196 e. The topological polar surface area (TPSA) is 73.0 Å². The lowest BCUT2D eigenvalue weighted by Gasteiger charge is -2.12. The number of aromatic nitrogens is 3. The van der Waals surface area contributed by atoms with Gasteiger partial charge in [0.2, 0.25) is 0 Å². The van der Waals surface area contributed by atoms with E-state index < -0.39 is 0 Å². The van der Waals surface area contributed by atoms with Crippen LogP contribution in [-0.4, -0.2) is 29.0 Å². The molecular formula is C25H22N4O2S. The van der Waals surface area contributed by atoms with Crippen LogP contribution in [0.5, 0.6) is 11.5 Å². The van der Waals surface area contributed by atoms with Crippen molar-refractivity contribution in [3.05, 3.63) is 83.4 Å². The average molecular weight is 443 g/mol. The van der Waals surface area contributed by atoms with Crippen LogP contribution in [0, 0.1) is 18.3 Å². The number of ether oxygens (including phenoxy) is 2. The zero-order valence-electron chi connectivity index (χ0n) is 18.1. The van der Waals surface area contributed by atoms with Gasteiger partial charge in [0.1, 0.15) is 11.5 Å². The highest BCUT2D eigenvalue weighted by atomic mass is 32.2. The van der Waals surface area contributed by atoms with Gasteiger partial charge < -0.3 is 9.47 Å². The van der Waals surface area contributed by atoms with Gasteiger partial charge in [-0.3, -0.25) is 4.57 Å². The van der Waals surface area contributed by atoms with Crippen molar-refractivity contribution in [2.24, 2.45) is 0 Å². The Morgan fingerprint density at radius 2 is 1.56 bits per heavy atom. The van der Waals surface area contributed by atoms with Gasteiger partial charge in [0.25, 0.3) is 0 Å². The lowest BCUT2D eigenvalue weighted by molar-refractivity contribution is 0.394. The predicted octanol–water partition coefficient (Wildman–Crippen LogP) is 5.42. The van der Waals surface area contributed by atoms with E-state index in [1.807, 2.05) is 47.0 Å². The van der Waals surface area contributed by atoms with Crippen LogP contribution in [0.3, 0.4) is 0 Å². The first-order valence-electron chi connectivity index (χ1n) is 9.99. The fourth-order valence-corrected chi connectivity index (χ4v) is 4.14. The molecule has 160 valence electrons. The molecule has 0 bridgehead atoms. The largest absolute Gasteiger partial charge is 0.497 e. The van der Waals surface area contributed by atoms with E-state index in [1.165, 1.54) is 5.56 Å². The van der Waals surface area contributed by atoms with Gasteiger partial charge in [-0.2, -0.15) is 5.26 Å². The Morgan fingerprint density at radius 3 is 2.16 bits per heavy atom. The van der Waals surface area contributed by atoms with E-state index in [1.54, 1.807) is 26.0 Å². The normalized spacial score (nSPS) is 10.6. The fourth-order valence-electron chi connectivity index (χ4n) is 3.24. The Bertz CT molecular complexity index is 1240. The molecule has 0 radical (unpaired) electrons. The third-order valence-electron chi connectivity index (χ3n) is 4.99. The van der Waals surface area contributed by atoms with E-state index in [2.05, 4.69) is 47.5 Å². The van der Waals surface area contributed by atoms with Gasteiger partial charge in [-0.25, -0.2) is 0 Å². The van der Waals surface area contributed by atoms with Crippen molar-refractivity contribution in [2.45, 2.75) is 17.8 Å². The number of aryl methyl sites for hydroxylation is 1.